The molecule has 2 nitrogen and oxygen atoms in total. The fourth-order valence-electron chi connectivity index (χ4n) is 1.67. The second-order valence-electron chi connectivity index (χ2n) is 4.76. The zero-order chi connectivity index (χ0) is 10.6. The van der Waals surface area contributed by atoms with Crippen LogP contribution in [0, 0.1) is 11.8 Å². The van der Waals surface area contributed by atoms with Crippen LogP contribution in [0.3, 0.4) is 0 Å². The Morgan fingerprint density at radius 1 is 1.43 bits per heavy atom. The summed E-state index contributed by atoms with van der Waals surface area (Å²) in [6.45, 7) is 7.55. The minimum atomic E-state index is 0.579. The van der Waals surface area contributed by atoms with Crippen molar-refractivity contribution < 1.29 is 0 Å². The molecule has 0 amide bonds. The van der Waals surface area contributed by atoms with Crippen LogP contribution in [0.5, 0.6) is 0 Å². The maximum atomic E-state index is 5.73. The van der Waals surface area contributed by atoms with Crippen molar-refractivity contribution in [2.24, 2.45) is 17.6 Å². The largest absolute Gasteiger partial charge is 0.330 e. The lowest BCUT2D eigenvalue weighted by Crippen LogP contribution is -2.35. The van der Waals surface area contributed by atoms with Crippen molar-refractivity contribution in [1.82, 2.24) is 5.32 Å². The highest BCUT2D eigenvalue weighted by molar-refractivity contribution is 8.00. The lowest BCUT2D eigenvalue weighted by Gasteiger charge is -2.21. The minimum absolute atomic E-state index is 0.579. The summed E-state index contributed by atoms with van der Waals surface area (Å²) < 4.78 is 0.579. The summed E-state index contributed by atoms with van der Waals surface area (Å²) in [6, 6.07) is 0. The van der Waals surface area contributed by atoms with E-state index in [-0.39, 0.29) is 0 Å². The van der Waals surface area contributed by atoms with Crippen LogP contribution in [0.15, 0.2) is 0 Å². The molecule has 1 aliphatic carbocycles. The van der Waals surface area contributed by atoms with Crippen LogP contribution in [-0.4, -0.2) is 30.6 Å². The predicted octanol–water partition coefficient (Wildman–Crippen LogP) is 1.70. The average molecular weight is 216 g/mol. The quantitative estimate of drug-likeness (QED) is 0.680. The van der Waals surface area contributed by atoms with Crippen LogP contribution in [0.1, 0.15) is 26.7 Å². The summed E-state index contributed by atoms with van der Waals surface area (Å²) in [5.41, 5.74) is 5.73. The Labute approximate surface area is 92.4 Å². The van der Waals surface area contributed by atoms with E-state index in [0.29, 0.717) is 16.6 Å². The first kappa shape index (κ1) is 12.3. The molecule has 0 aromatic carbocycles. The molecule has 0 spiro atoms. The van der Waals surface area contributed by atoms with Crippen molar-refractivity contribution in [3.05, 3.63) is 0 Å². The Hall–Kier alpha value is 0.270. The third-order valence-electron chi connectivity index (χ3n) is 3.34. The van der Waals surface area contributed by atoms with Gasteiger partial charge >= 0.3 is 0 Å². The minimum Gasteiger partial charge on any atom is -0.330 e. The van der Waals surface area contributed by atoms with E-state index in [0.717, 1.165) is 19.6 Å². The van der Waals surface area contributed by atoms with Gasteiger partial charge in [-0.2, -0.15) is 11.8 Å². The van der Waals surface area contributed by atoms with Crippen molar-refractivity contribution >= 4 is 11.8 Å². The van der Waals surface area contributed by atoms with E-state index in [9.17, 15) is 0 Å². The lowest BCUT2D eigenvalue weighted by atomic mass is 9.96. The van der Waals surface area contributed by atoms with E-state index < -0.39 is 0 Å². The van der Waals surface area contributed by atoms with Crippen LogP contribution in [0.25, 0.3) is 0 Å². The van der Waals surface area contributed by atoms with Gasteiger partial charge < -0.3 is 11.1 Å². The zero-order valence-corrected chi connectivity index (χ0v) is 10.5. The predicted molar refractivity (Wildman–Crippen MR) is 65.7 cm³/mol. The molecule has 84 valence electrons. The van der Waals surface area contributed by atoms with Crippen LogP contribution in [0.4, 0.5) is 0 Å². The van der Waals surface area contributed by atoms with E-state index >= 15 is 0 Å². The highest BCUT2D eigenvalue weighted by Crippen LogP contribution is 2.46. The van der Waals surface area contributed by atoms with Gasteiger partial charge in [0.15, 0.2) is 0 Å². The summed E-state index contributed by atoms with van der Waals surface area (Å²) >= 11 is 2.01. The number of thioether (sulfide) groups is 1. The van der Waals surface area contributed by atoms with Gasteiger partial charge in [-0.3, -0.25) is 0 Å². The first-order chi connectivity index (χ1) is 6.63. The lowest BCUT2D eigenvalue weighted by molar-refractivity contribution is 0.371. The number of nitrogens with two attached hydrogens (primary N) is 1. The van der Waals surface area contributed by atoms with Gasteiger partial charge in [-0.15, -0.1) is 0 Å². The third kappa shape index (κ3) is 3.44. The second kappa shape index (κ2) is 5.38. The van der Waals surface area contributed by atoms with Gasteiger partial charge in [-0.1, -0.05) is 13.8 Å². The average Bonchev–Trinajstić information content (AvgIpc) is 2.93. The standard InChI is InChI=1S/C11H24N2S/c1-9(2)10(6-12)7-13-8-11(14-3)4-5-11/h9-10,13H,4-8,12H2,1-3H3. The molecule has 3 N–H and O–H groups in total. The Morgan fingerprint density at radius 2 is 2.07 bits per heavy atom. The SMILES string of the molecule is CSC1(CNCC(CN)C(C)C)CC1. The van der Waals surface area contributed by atoms with Gasteiger partial charge in [0.1, 0.15) is 0 Å². The van der Waals surface area contributed by atoms with Gasteiger partial charge in [-0.05, 0) is 44.0 Å². The van der Waals surface area contributed by atoms with E-state index in [4.69, 9.17) is 5.73 Å². The monoisotopic (exact) mass is 216 g/mol. The highest BCUT2D eigenvalue weighted by Gasteiger charge is 2.41. The smallest absolute Gasteiger partial charge is 0.0282 e. The second-order valence-corrected chi connectivity index (χ2v) is 6.03. The highest BCUT2D eigenvalue weighted by atomic mass is 32.2. The summed E-state index contributed by atoms with van der Waals surface area (Å²) in [6.07, 6.45) is 4.99. The van der Waals surface area contributed by atoms with E-state index in [1.54, 1.807) is 0 Å². The van der Waals surface area contributed by atoms with Crippen molar-refractivity contribution in [2.75, 3.05) is 25.9 Å². The van der Waals surface area contributed by atoms with E-state index in [2.05, 4.69) is 25.4 Å². The molecule has 0 heterocycles. The van der Waals surface area contributed by atoms with Crippen molar-refractivity contribution in [1.29, 1.82) is 0 Å². The third-order valence-corrected chi connectivity index (χ3v) is 4.76. The van der Waals surface area contributed by atoms with Crippen molar-refractivity contribution in [3.63, 3.8) is 0 Å². The maximum absolute atomic E-state index is 5.73. The Kier molecular flexibility index (Phi) is 4.74. The molecule has 1 atom stereocenters. The van der Waals surface area contributed by atoms with Crippen molar-refractivity contribution in [3.8, 4) is 0 Å². The first-order valence-corrected chi connectivity index (χ1v) is 6.82. The fourth-order valence-corrected chi connectivity index (χ4v) is 2.43. The summed E-state index contributed by atoms with van der Waals surface area (Å²) in [5.74, 6) is 1.32. The Bertz CT molecular complexity index is 167. The molecule has 0 aromatic heterocycles. The molecule has 3 heteroatoms. The van der Waals surface area contributed by atoms with Crippen molar-refractivity contribution in [2.45, 2.75) is 31.4 Å². The molecule has 1 rings (SSSR count). The molecule has 1 unspecified atom stereocenters. The number of hydrogen-bond acceptors (Lipinski definition) is 3. The normalized spacial score (nSPS) is 21.2. The van der Waals surface area contributed by atoms with Gasteiger partial charge in [0.25, 0.3) is 0 Å². The Balaban J connectivity index is 2.13. The van der Waals surface area contributed by atoms with E-state index in [1.165, 1.54) is 12.8 Å². The van der Waals surface area contributed by atoms with Gasteiger partial charge in [-0.25, -0.2) is 0 Å². The molecule has 1 fully saturated rings. The number of rotatable bonds is 7. The summed E-state index contributed by atoms with van der Waals surface area (Å²) in [4.78, 5) is 0. The molecule has 0 saturated heterocycles. The Morgan fingerprint density at radius 3 is 2.43 bits per heavy atom. The van der Waals surface area contributed by atoms with Crippen LogP contribution < -0.4 is 11.1 Å². The van der Waals surface area contributed by atoms with Gasteiger partial charge in [0, 0.05) is 11.3 Å². The van der Waals surface area contributed by atoms with E-state index in [1.807, 2.05) is 11.8 Å². The fraction of sp³-hybridized carbons (Fsp3) is 1.00. The summed E-state index contributed by atoms with van der Waals surface area (Å²) in [5, 5.41) is 3.57. The maximum Gasteiger partial charge on any atom is 0.0282 e. The topological polar surface area (TPSA) is 38.0 Å². The van der Waals surface area contributed by atoms with Gasteiger partial charge in [0.2, 0.25) is 0 Å². The number of nitrogens with one attached hydrogen (secondary N) is 1. The molecule has 0 radical (unpaired) electrons. The summed E-state index contributed by atoms with van der Waals surface area (Å²) in [7, 11) is 0. The molecule has 0 aliphatic heterocycles. The molecule has 0 aromatic rings. The first-order valence-electron chi connectivity index (χ1n) is 5.59. The molecule has 14 heavy (non-hydrogen) atoms. The molecule has 1 saturated carbocycles. The van der Waals surface area contributed by atoms with Crippen LogP contribution in [0.2, 0.25) is 0 Å². The van der Waals surface area contributed by atoms with Crippen LogP contribution in [-0.2, 0) is 0 Å². The molecule has 0 bridgehead atoms. The molecular weight excluding hydrogens is 192 g/mol. The zero-order valence-electron chi connectivity index (χ0n) is 9.68. The van der Waals surface area contributed by atoms with Crippen LogP contribution >= 0.6 is 11.8 Å². The number of hydrogen-bond donors (Lipinski definition) is 2. The molecule has 1 aliphatic rings. The molecular formula is C11H24N2S. The van der Waals surface area contributed by atoms with Gasteiger partial charge in [0.05, 0.1) is 0 Å².